The predicted octanol–water partition coefficient (Wildman–Crippen LogP) is 13.5. The minimum atomic E-state index is -0.0826. The molecule has 1 aromatic heterocycles. The molecule has 8 aromatic carbocycles. The minimum absolute atomic E-state index is 0.0826. The number of aliphatic imine (C=N–C) groups is 1. The summed E-state index contributed by atoms with van der Waals surface area (Å²) < 4.78 is 6.88. The first-order chi connectivity index (χ1) is 27.8. The van der Waals surface area contributed by atoms with Crippen LogP contribution in [0.3, 0.4) is 0 Å². The fourth-order valence-corrected chi connectivity index (χ4v) is 7.76. The van der Waals surface area contributed by atoms with E-state index in [1.165, 1.54) is 22.3 Å². The van der Waals surface area contributed by atoms with Crippen LogP contribution in [0.15, 0.2) is 222 Å². The number of rotatable bonds is 8. The number of nitrogens with one attached hydrogen (secondary N) is 1. The molecule has 1 unspecified atom stereocenters. The van der Waals surface area contributed by atoms with Crippen LogP contribution < -0.4 is 10.2 Å². The van der Waals surface area contributed by atoms with Gasteiger partial charge in [-0.15, -0.1) is 0 Å². The van der Waals surface area contributed by atoms with Crippen molar-refractivity contribution < 1.29 is 4.42 Å². The predicted molar refractivity (Wildman–Crippen MR) is 233 cm³/mol. The van der Waals surface area contributed by atoms with Crippen molar-refractivity contribution in [2.24, 2.45) is 4.99 Å². The van der Waals surface area contributed by atoms with Gasteiger partial charge in [-0.25, -0.2) is 4.99 Å². The number of hydrogen-bond donors (Lipinski definition) is 1. The maximum Gasteiger partial charge on any atom is 0.146 e. The molecule has 9 aromatic rings. The van der Waals surface area contributed by atoms with Gasteiger partial charge in [-0.2, -0.15) is 0 Å². The summed E-state index contributed by atoms with van der Waals surface area (Å²) in [6.45, 7) is 0. The highest BCUT2D eigenvalue weighted by Gasteiger charge is 2.26. The van der Waals surface area contributed by atoms with Crippen molar-refractivity contribution in [2.75, 3.05) is 4.90 Å². The van der Waals surface area contributed by atoms with Crippen LogP contribution in [0.1, 0.15) is 22.7 Å². The average Bonchev–Trinajstić information content (AvgIpc) is 3.68. The van der Waals surface area contributed by atoms with Gasteiger partial charge < -0.3 is 14.6 Å². The number of anilines is 3. The van der Waals surface area contributed by atoms with E-state index in [0.29, 0.717) is 0 Å². The van der Waals surface area contributed by atoms with Crippen molar-refractivity contribution >= 4 is 50.5 Å². The van der Waals surface area contributed by atoms with Crippen LogP contribution in [0.2, 0.25) is 0 Å². The van der Waals surface area contributed by atoms with Gasteiger partial charge in [0.2, 0.25) is 0 Å². The Hall–Kier alpha value is -7.43. The van der Waals surface area contributed by atoms with Gasteiger partial charge in [0.25, 0.3) is 0 Å². The van der Waals surface area contributed by atoms with Gasteiger partial charge in [0.05, 0.1) is 22.8 Å². The van der Waals surface area contributed by atoms with Crippen LogP contribution in [-0.2, 0) is 0 Å². The third-order valence-corrected chi connectivity index (χ3v) is 10.5. The lowest BCUT2D eigenvalue weighted by Crippen LogP contribution is -2.31. The van der Waals surface area contributed by atoms with Crippen molar-refractivity contribution in [3.63, 3.8) is 0 Å². The molecule has 4 nitrogen and oxygen atoms in total. The average molecular weight is 720 g/mol. The normalized spacial score (nSPS) is 13.9. The molecule has 1 N–H and O–H groups in total. The van der Waals surface area contributed by atoms with Crippen molar-refractivity contribution in [1.29, 1.82) is 0 Å². The van der Waals surface area contributed by atoms with Gasteiger partial charge in [-0.05, 0) is 76.4 Å². The van der Waals surface area contributed by atoms with Crippen molar-refractivity contribution in [2.45, 2.75) is 6.04 Å². The van der Waals surface area contributed by atoms with Crippen molar-refractivity contribution in [1.82, 2.24) is 5.32 Å². The quantitative estimate of drug-likeness (QED) is 0.170. The lowest BCUT2D eigenvalue weighted by molar-refractivity contribution is 0.667. The van der Waals surface area contributed by atoms with Crippen LogP contribution in [-0.4, -0.2) is 5.84 Å². The Morgan fingerprint density at radius 1 is 0.464 bits per heavy atom. The summed E-state index contributed by atoms with van der Waals surface area (Å²) in [5.41, 5.74) is 13.4. The molecule has 56 heavy (non-hydrogen) atoms. The van der Waals surface area contributed by atoms with E-state index in [2.05, 4.69) is 210 Å². The smallest absolute Gasteiger partial charge is 0.146 e. The van der Waals surface area contributed by atoms with E-state index in [9.17, 15) is 0 Å². The first kappa shape index (κ1) is 33.2. The molecular formula is C52H37N3O. The van der Waals surface area contributed by atoms with E-state index in [1.54, 1.807) is 0 Å². The largest absolute Gasteiger partial charge is 0.455 e. The van der Waals surface area contributed by atoms with Gasteiger partial charge >= 0.3 is 0 Å². The maximum atomic E-state index is 6.88. The van der Waals surface area contributed by atoms with Gasteiger partial charge in [0.1, 0.15) is 17.0 Å². The Morgan fingerprint density at radius 2 is 0.964 bits per heavy atom. The topological polar surface area (TPSA) is 40.8 Å². The third-order valence-electron chi connectivity index (χ3n) is 10.5. The molecule has 0 amide bonds. The van der Waals surface area contributed by atoms with Crippen LogP contribution in [0.5, 0.6) is 0 Å². The SMILES string of the molecule is C1=C(c2ccc(N(c3ccc(-c4ccccc4)cc3)c3ccc(-c4ccccc4)cc3)c3c2oc2ccccc23)N=C(c2ccccc2)NC1c1ccccc1. The number of benzene rings is 8. The van der Waals surface area contributed by atoms with E-state index in [-0.39, 0.29) is 6.04 Å². The number of para-hydroxylation sites is 1. The summed E-state index contributed by atoms with van der Waals surface area (Å²) in [6.07, 6.45) is 2.21. The Balaban J connectivity index is 1.17. The van der Waals surface area contributed by atoms with Crippen LogP contribution in [0.4, 0.5) is 17.1 Å². The second-order valence-corrected chi connectivity index (χ2v) is 14.0. The monoisotopic (exact) mass is 719 g/mol. The summed E-state index contributed by atoms with van der Waals surface area (Å²) >= 11 is 0. The highest BCUT2D eigenvalue weighted by atomic mass is 16.3. The highest BCUT2D eigenvalue weighted by Crippen LogP contribution is 2.46. The van der Waals surface area contributed by atoms with Crippen molar-refractivity contribution in [3.05, 3.63) is 229 Å². The molecule has 10 rings (SSSR count). The minimum Gasteiger partial charge on any atom is -0.455 e. The second-order valence-electron chi connectivity index (χ2n) is 14.0. The molecule has 0 saturated carbocycles. The van der Waals surface area contributed by atoms with Crippen LogP contribution >= 0.6 is 0 Å². The molecule has 0 aliphatic carbocycles. The van der Waals surface area contributed by atoms with Gasteiger partial charge in [0.15, 0.2) is 0 Å². The zero-order chi connectivity index (χ0) is 37.3. The Bertz CT molecular complexity index is 2760. The van der Waals surface area contributed by atoms with E-state index < -0.39 is 0 Å². The summed E-state index contributed by atoms with van der Waals surface area (Å²) in [6, 6.07) is 72.2. The van der Waals surface area contributed by atoms with E-state index >= 15 is 0 Å². The molecule has 1 aliphatic heterocycles. The van der Waals surface area contributed by atoms with Crippen LogP contribution in [0.25, 0.3) is 49.9 Å². The summed E-state index contributed by atoms with van der Waals surface area (Å²) in [7, 11) is 0. The molecule has 0 radical (unpaired) electrons. The lowest BCUT2D eigenvalue weighted by Gasteiger charge is -2.28. The summed E-state index contributed by atoms with van der Waals surface area (Å²) in [5, 5.41) is 5.78. The fraction of sp³-hybridized carbons (Fsp3) is 0.0192. The lowest BCUT2D eigenvalue weighted by atomic mass is 9.98. The molecule has 4 heteroatoms. The number of hydrogen-bond acceptors (Lipinski definition) is 4. The maximum absolute atomic E-state index is 6.88. The molecule has 1 atom stereocenters. The Kier molecular flexibility index (Phi) is 8.54. The number of fused-ring (bicyclic) bond motifs is 3. The second kappa shape index (κ2) is 14.4. The van der Waals surface area contributed by atoms with Crippen LogP contribution in [0, 0.1) is 0 Å². The van der Waals surface area contributed by atoms with Crippen molar-refractivity contribution in [3.8, 4) is 22.3 Å². The molecule has 1 aliphatic rings. The molecule has 2 heterocycles. The fourth-order valence-electron chi connectivity index (χ4n) is 7.76. The Labute approximate surface area is 326 Å². The van der Waals surface area contributed by atoms with E-state index in [1.807, 2.05) is 12.1 Å². The first-order valence-corrected chi connectivity index (χ1v) is 19.0. The molecule has 266 valence electrons. The first-order valence-electron chi connectivity index (χ1n) is 19.0. The van der Waals surface area contributed by atoms with Gasteiger partial charge in [0, 0.05) is 27.9 Å². The standard InChI is InChI=1S/C52H37N3O/c1-5-15-36(16-6-1)38-25-29-42(30-26-38)55(43-31-27-39(28-32-43)37-17-7-2-8-18-37)48-34-33-44(51-50(48)45-23-13-14-24-49(45)56-51)47-35-46(40-19-9-3-10-20-40)53-52(54-47)41-21-11-4-12-22-41/h1-35,46H,(H,53,54). The summed E-state index contributed by atoms with van der Waals surface area (Å²) in [5.74, 6) is 0.823. The zero-order valence-electron chi connectivity index (χ0n) is 30.6. The molecule has 0 spiro atoms. The Morgan fingerprint density at radius 3 is 1.55 bits per heavy atom. The molecule has 0 fully saturated rings. The van der Waals surface area contributed by atoms with E-state index in [0.717, 1.165) is 67.2 Å². The van der Waals surface area contributed by atoms with Gasteiger partial charge in [-0.3, -0.25) is 0 Å². The third kappa shape index (κ3) is 6.23. The number of nitrogens with zero attached hydrogens (tertiary/aromatic N) is 2. The molecule has 0 saturated heterocycles. The highest BCUT2D eigenvalue weighted by molar-refractivity contribution is 6.16. The van der Waals surface area contributed by atoms with Gasteiger partial charge in [-0.1, -0.05) is 164 Å². The molecular weight excluding hydrogens is 683 g/mol. The number of amidine groups is 1. The molecule has 0 bridgehead atoms. The summed E-state index contributed by atoms with van der Waals surface area (Å²) in [4.78, 5) is 7.63. The zero-order valence-corrected chi connectivity index (χ0v) is 30.6. The number of furan rings is 1. The van der Waals surface area contributed by atoms with E-state index in [4.69, 9.17) is 9.41 Å².